The lowest BCUT2D eigenvalue weighted by atomic mass is 10.1. The number of nitrogens with one attached hydrogen (secondary N) is 2. The topological polar surface area (TPSA) is 76.7 Å². The zero-order valence-electron chi connectivity index (χ0n) is 13.5. The number of hydrogen-bond acceptors (Lipinski definition) is 4. The summed E-state index contributed by atoms with van der Waals surface area (Å²) in [6.45, 7) is 1.60. The van der Waals surface area contributed by atoms with E-state index in [2.05, 4.69) is 26.8 Å². The zero-order valence-corrected chi connectivity index (χ0v) is 15.1. The summed E-state index contributed by atoms with van der Waals surface area (Å²) >= 11 is 3.34. The number of hydrazine groups is 1. The summed E-state index contributed by atoms with van der Waals surface area (Å²) in [4.78, 5) is 24.2. The van der Waals surface area contributed by atoms with Crippen LogP contribution in [0.4, 0.5) is 0 Å². The first kappa shape index (κ1) is 17.3. The SMILES string of the molecule is C[C@@H](Oc1cccc(Br)c1)C(=O)NNC(=O)[C@H]1Cc2ccccc2O1. The number of halogens is 1. The zero-order chi connectivity index (χ0) is 17.8. The van der Waals surface area contributed by atoms with Crippen LogP contribution in [0.3, 0.4) is 0 Å². The van der Waals surface area contributed by atoms with Gasteiger partial charge in [0, 0.05) is 10.9 Å². The highest BCUT2D eigenvalue weighted by molar-refractivity contribution is 9.10. The Bertz CT molecular complexity index is 771. The molecule has 7 heteroatoms. The molecular formula is C18H17BrN2O4. The van der Waals surface area contributed by atoms with Gasteiger partial charge in [0.1, 0.15) is 11.5 Å². The Morgan fingerprint density at radius 2 is 2.00 bits per heavy atom. The summed E-state index contributed by atoms with van der Waals surface area (Å²) < 4.78 is 12.0. The minimum Gasteiger partial charge on any atom is -0.481 e. The molecule has 1 aliphatic heterocycles. The van der Waals surface area contributed by atoms with Gasteiger partial charge >= 0.3 is 0 Å². The number of carbonyl (C=O) groups is 2. The third-order valence-electron chi connectivity index (χ3n) is 3.73. The fourth-order valence-corrected chi connectivity index (χ4v) is 2.81. The van der Waals surface area contributed by atoms with Gasteiger partial charge in [0.2, 0.25) is 0 Å². The predicted molar refractivity (Wildman–Crippen MR) is 95.1 cm³/mol. The Kier molecular flexibility index (Phi) is 5.23. The van der Waals surface area contributed by atoms with E-state index in [-0.39, 0.29) is 0 Å². The molecule has 0 fully saturated rings. The quantitative estimate of drug-likeness (QED) is 0.766. The summed E-state index contributed by atoms with van der Waals surface area (Å²) in [5.41, 5.74) is 5.72. The third kappa shape index (κ3) is 4.30. The van der Waals surface area contributed by atoms with Gasteiger partial charge in [0.05, 0.1) is 0 Å². The van der Waals surface area contributed by atoms with Crippen LogP contribution in [-0.4, -0.2) is 24.0 Å². The first-order chi connectivity index (χ1) is 12.0. The fourth-order valence-electron chi connectivity index (χ4n) is 2.43. The second-order valence-corrected chi connectivity index (χ2v) is 6.53. The van der Waals surface area contributed by atoms with Gasteiger partial charge in [-0.2, -0.15) is 0 Å². The van der Waals surface area contributed by atoms with E-state index < -0.39 is 24.0 Å². The van der Waals surface area contributed by atoms with Crippen molar-refractivity contribution >= 4 is 27.7 Å². The Balaban J connectivity index is 1.48. The average Bonchev–Trinajstić information content (AvgIpc) is 3.03. The molecule has 2 amide bonds. The molecule has 1 aliphatic rings. The number of fused-ring (bicyclic) bond motifs is 1. The van der Waals surface area contributed by atoms with Crippen molar-refractivity contribution < 1.29 is 19.1 Å². The first-order valence-electron chi connectivity index (χ1n) is 7.79. The second-order valence-electron chi connectivity index (χ2n) is 5.61. The van der Waals surface area contributed by atoms with E-state index in [0.717, 1.165) is 10.0 Å². The van der Waals surface area contributed by atoms with Crippen molar-refractivity contribution in [3.05, 3.63) is 58.6 Å². The lowest BCUT2D eigenvalue weighted by Gasteiger charge is -2.16. The van der Waals surface area contributed by atoms with Crippen molar-refractivity contribution in [1.82, 2.24) is 10.9 Å². The minimum absolute atomic E-state index is 0.404. The van der Waals surface area contributed by atoms with Crippen LogP contribution in [0.5, 0.6) is 11.5 Å². The highest BCUT2D eigenvalue weighted by Crippen LogP contribution is 2.28. The van der Waals surface area contributed by atoms with E-state index >= 15 is 0 Å². The van der Waals surface area contributed by atoms with Crippen LogP contribution >= 0.6 is 15.9 Å². The normalized spacial score (nSPS) is 16.3. The lowest BCUT2D eigenvalue weighted by molar-refractivity contribution is -0.135. The van der Waals surface area contributed by atoms with E-state index in [9.17, 15) is 9.59 Å². The van der Waals surface area contributed by atoms with E-state index in [1.54, 1.807) is 25.1 Å². The Morgan fingerprint density at radius 1 is 1.20 bits per heavy atom. The van der Waals surface area contributed by atoms with E-state index in [1.807, 2.05) is 30.3 Å². The standard InChI is InChI=1S/C18H17BrN2O4/c1-11(24-14-7-4-6-13(19)10-14)17(22)20-21-18(23)16-9-12-5-2-3-8-15(12)25-16/h2-8,10-11,16H,9H2,1H3,(H,20,22)(H,21,23)/t11-,16-/m1/s1. The predicted octanol–water partition coefficient (Wildman–Crippen LogP) is 2.37. The fraction of sp³-hybridized carbons (Fsp3) is 0.222. The molecule has 3 rings (SSSR count). The smallest absolute Gasteiger partial charge is 0.279 e. The summed E-state index contributed by atoms with van der Waals surface area (Å²) in [5.74, 6) is 0.390. The van der Waals surface area contributed by atoms with Gasteiger partial charge in [-0.25, -0.2) is 0 Å². The van der Waals surface area contributed by atoms with Crippen molar-refractivity contribution in [3.8, 4) is 11.5 Å². The molecule has 2 N–H and O–H groups in total. The van der Waals surface area contributed by atoms with Gasteiger partial charge < -0.3 is 9.47 Å². The van der Waals surface area contributed by atoms with E-state index in [4.69, 9.17) is 9.47 Å². The van der Waals surface area contributed by atoms with E-state index in [0.29, 0.717) is 17.9 Å². The van der Waals surface area contributed by atoms with Crippen molar-refractivity contribution in [2.45, 2.75) is 25.6 Å². The number of amides is 2. The highest BCUT2D eigenvalue weighted by Gasteiger charge is 2.29. The van der Waals surface area contributed by atoms with Crippen LogP contribution in [-0.2, 0) is 16.0 Å². The van der Waals surface area contributed by atoms with Gasteiger partial charge in [-0.15, -0.1) is 0 Å². The second kappa shape index (κ2) is 7.57. The molecule has 0 saturated carbocycles. The number of rotatable bonds is 4. The van der Waals surface area contributed by atoms with Gasteiger partial charge in [-0.3, -0.25) is 20.4 Å². The molecule has 0 spiro atoms. The largest absolute Gasteiger partial charge is 0.481 e. The molecule has 25 heavy (non-hydrogen) atoms. The van der Waals surface area contributed by atoms with Crippen LogP contribution in [0.25, 0.3) is 0 Å². The van der Waals surface area contributed by atoms with Crippen LogP contribution in [0.2, 0.25) is 0 Å². The molecule has 0 bridgehead atoms. The Morgan fingerprint density at radius 3 is 2.76 bits per heavy atom. The molecule has 1 heterocycles. The number of para-hydroxylation sites is 1. The summed E-state index contributed by atoms with van der Waals surface area (Å²) in [6, 6.07) is 14.6. The molecule has 0 radical (unpaired) electrons. The molecule has 0 saturated heterocycles. The molecule has 6 nitrogen and oxygen atoms in total. The molecule has 2 aromatic carbocycles. The maximum Gasteiger partial charge on any atom is 0.279 e. The molecule has 130 valence electrons. The first-order valence-corrected chi connectivity index (χ1v) is 8.59. The van der Waals surface area contributed by atoms with Gasteiger partial charge in [0.15, 0.2) is 12.2 Å². The van der Waals surface area contributed by atoms with Crippen molar-refractivity contribution in [2.24, 2.45) is 0 Å². The van der Waals surface area contributed by atoms with Gasteiger partial charge in [-0.05, 0) is 36.8 Å². The highest BCUT2D eigenvalue weighted by atomic mass is 79.9. The van der Waals surface area contributed by atoms with Gasteiger partial charge in [0.25, 0.3) is 11.8 Å². The molecule has 0 aromatic heterocycles. The minimum atomic E-state index is -0.767. The molecule has 2 aromatic rings. The molecule has 0 unspecified atom stereocenters. The number of ether oxygens (including phenoxy) is 2. The summed E-state index contributed by atoms with van der Waals surface area (Å²) in [7, 11) is 0. The molecule has 0 aliphatic carbocycles. The maximum absolute atomic E-state index is 12.1. The lowest BCUT2D eigenvalue weighted by Crippen LogP contribution is -2.51. The van der Waals surface area contributed by atoms with E-state index in [1.165, 1.54) is 0 Å². The molecular weight excluding hydrogens is 388 g/mol. The Hall–Kier alpha value is -2.54. The van der Waals surface area contributed by atoms with Crippen LogP contribution in [0, 0.1) is 0 Å². The maximum atomic E-state index is 12.1. The summed E-state index contributed by atoms with van der Waals surface area (Å²) in [6.07, 6.45) is -0.947. The summed E-state index contributed by atoms with van der Waals surface area (Å²) in [5, 5.41) is 0. The Labute approximate surface area is 153 Å². The van der Waals surface area contributed by atoms with Crippen LogP contribution in [0.15, 0.2) is 53.0 Å². The number of benzene rings is 2. The molecule has 2 atom stereocenters. The van der Waals surface area contributed by atoms with Crippen molar-refractivity contribution in [1.29, 1.82) is 0 Å². The van der Waals surface area contributed by atoms with Gasteiger partial charge in [-0.1, -0.05) is 40.2 Å². The number of carbonyl (C=O) groups excluding carboxylic acids is 2. The van der Waals surface area contributed by atoms with Crippen molar-refractivity contribution in [3.63, 3.8) is 0 Å². The third-order valence-corrected chi connectivity index (χ3v) is 4.22. The van der Waals surface area contributed by atoms with Crippen molar-refractivity contribution in [2.75, 3.05) is 0 Å². The van der Waals surface area contributed by atoms with Crippen LogP contribution < -0.4 is 20.3 Å². The monoisotopic (exact) mass is 404 g/mol. The number of hydrogen-bond donors (Lipinski definition) is 2. The average molecular weight is 405 g/mol. The van der Waals surface area contributed by atoms with Crippen LogP contribution in [0.1, 0.15) is 12.5 Å².